The van der Waals surface area contributed by atoms with Gasteiger partial charge in [-0.05, 0) is 32.0 Å². The number of aliphatic carboxylic acids is 1. The van der Waals surface area contributed by atoms with Crippen LogP contribution in [0.15, 0.2) is 23.4 Å². The van der Waals surface area contributed by atoms with Gasteiger partial charge in [0.25, 0.3) is 0 Å². The Bertz CT molecular complexity index is 670. The Morgan fingerprint density at radius 1 is 1.52 bits per heavy atom. The van der Waals surface area contributed by atoms with Gasteiger partial charge in [0.2, 0.25) is 0 Å². The fourth-order valence-electron chi connectivity index (χ4n) is 1.91. The second kappa shape index (κ2) is 6.25. The van der Waals surface area contributed by atoms with Crippen LogP contribution in [-0.2, 0) is 16.1 Å². The highest BCUT2D eigenvalue weighted by molar-refractivity contribution is 7.99. The third-order valence-corrected chi connectivity index (χ3v) is 4.29. The first-order valence-electron chi connectivity index (χ1n) is 6.38. The predicted molar refractivity (Wildman–Crippen MR) is 84.2 cm³/mol. The Kier molecular flexibility index (Phi) is 4.81. The lowest BCUT2D eigenvalue weighted by Crippen LogP contribution is -2.29. The lowest BCUT2D eigenvalue weighted by molar-refractivity contribution is -0.133. The Hall–Kier alpha value is -1.24. The van der Waals surface area contributed by atoms with Crippen LogP contribution in [0.1, 0.15) is 13.8 Å². The van der Waals surface area contributed by atoms with Gasteiger partial charge in [0, 0.05) is 12.1 Å². The van der Waals surface area contributed by atoms with Crippen molar-refractivity contribution in [2.45, 2.75) is 31.1 Å². The maximum Gasteiger partial charge on any atom is 0.313 e. The van der Waals surface area contributed by atoms with Gasteiger partial charge in [-0.1, -0.05) is 23.4 Å². The number of carbonyl (C=O) groups is 1. The molecule has 0 amide bonds. The number of methoxy groups -OCH3 is 1. The second-order valence-corrected chi connectivity index (χ2v) is 6.64. The van der Waals surface area contributed by atoms with Gasteiger partial charge in [0.05, 0.1) is 28.9 Å². The van der Waals surface area contributed by atoms with Crippen LogP contribution in [0.4, 0.5) is 0 Å². The van der Waals surface area contributed by atoms with E-state index >= 15 is 0 Å². The van der Waals surface area contributed by atoms with Crippen molar-refractivity contribution in [3.63, 3.8) is 0 Å². The number of fused-ring (bicyclic) bond motifs is 1. The summed E-state index contributed by atoms with van der Waals surface area (Å²) in [6, 6.07) is 5.44. The van der Waals surface area contributed by atoms with E-state index in [-0.39, 0.29) is 5.75 Å². The number of halogens is 1. The fraction of sp³-hybridized carbons (Fsp3) is 0.429. The molecule has 0 aliphatic carbocycles. The number of benzene rings is 1. The number of hydrogen-bond donors (Lipinski definition) is 1. The first kappa shape index (κ1) is 16.1. The number of aromatic nitrogens is 2. The highest BCUT2D eigenvalue weighted by atomic mass is 35.5. The van der Waals surface area contributed by atoms with E-state index in [0.29, 0.717) is 16.7 Å². The molecule has 1 N–H and O–H groups in total. The van der Waals surface area contributed by atoms with Crippen LogP contribution >= 0.6 is 23.4 Å². The normalized spacial score (nSPS) is 12.0. The summed E-state index contributed by atoms with van der Waals surface area (Å²) >= 11 is 7.25. The minimum absolute atomic E-state index is 0.0372. The van der Waals surface area contributed by atoms with Crippen LogP contribution in [0.25, 0.3) is 11.0 Å². The van der Waals surface area contributed by atoms with Crippen LogP contribution in [0.3, 0.4) is 0 Å². The van der Waals surface area contributed by atoms with E-state index in [1.165, 1.54) is 11.8 Å². The molecule has 21 heavy (non-hydrogen) atoms. The molecule has 0 radical (unpaired) electrons. The number of rotatable bonds is 6. The minimum Gasteiger partial charge on any atom is -0.481 e. The van der Waals surface area contributed by atoms with Gasteiger partial charge in [-0.3, -0.25) is 4.79 Å². The number of nitrogens with zero attached hydrogens (tertiary/aromatic N) is 2. The van der Waals surface area contributed by atoms with Crippen molar-refractivity contribution in [3.8, 4) is 0 Å². The SMILES string of the molecule is COC(C)(C)Cn1c(SCC(=O)O)nc2ccc(Cl)cc21. The molecule has 0 aliphatic rings. The Morgan fingerprint density at radius 2 is 2.24 bits per heavy atom. The van der Waals surface area contributed by atoms with Gasteiger partial charge in [-0.15, -0.1) is 0 Å². The first-order valence-corrected chi connectivity index (χ1v) is 7.74. The van der Waals surface area contributed by atoms with Crippen LogP contribution < -0.4 is 0 Å². The van der Waals surface area contributed by atoms with Crippen molar-refractivity contribution >= 4 is 40.4 Å². The molecule has 0 fully saturated rings. The van der Waals surface area contributed by atoms with Crippen molar-refractivity contribution in [3.05, 3.63) is 23.2 Å². The Balaban J connectivity index is 2.47. The standard InChI is InChI=1S/C14H17ClN2O3S/c1-14(2,20-3)8-17-11-6-9(15)4-5-10(11)16-13(17)21-7-12(18)19/h4-6H,7-8H2,1-3H3,(H,18,19). The van der Waals surface area contributed by atoms with E-state index in [1.54, 1.807) is 13.2 Å². The Morgan fingerprint density at radius 3 is 2.86 bits per heavy atom. The van der Waals surface area contributed by atoms with Gasteiger partial charge >= 0.3 is 5.97 Å². The average molecular weight is 329 g/mol. The summed E-state index contributed by atoms with van der Waals surface area (Å²) in [5.74, 6) is -0.910. The predicted octanol–water partition coefficient (Wildman–Crippen LogP) is 3.29. The molecule has 0 saturated heterocycles. The smallest absolute Gasteiger partial charge is 0.313 e. The number of carboxylic acids is 1. The maximum absolute atomic E-state index is 10.8. The number of ether oxygens (including phenoxy) is 1. The molecule has 2 rings (SSSR count). The summed E-state index contributed by atoms with van der Waals surface area (Å²) in [6.07, 6.45) is 0. The molecule has 0 spiro atoms. The summed E-state index contributed by atoms with van der Waals surface area (Å²) < 4.78 is 7.42. The monoisotopic (exact) mass is 328 g/mol. The van der Waals surface area contributed by atoms with Crippen LogP contribution in [0.5, 0.6) is 0 Å². The van der Waals surface area contributed by atoms with Crippen molar-refractivity contribution < 1.29 is 14.6 Å². The molecule has 2 aromatic rings. The van der Waals surface area contributed by atoms with Gasteiger partial charge < -0.3 is 14.4 Å². The lowest BCUT2D eigenvalue weighted by atomic mass is 10.1. The third-order valence-electron chi connectivity index (χ3n) is 3.09. The molecule has 1 aromatic carbocycles. The topological polar surface area (TPSA) is 64.3 Å². The number of imidazole rings is 1. The van der Waals surface area contributed by atoms with Crippen molar-refractivity contribution in [2.24, 2.45) is 0 Å². The van der Waals surface area contributed by atoms with E-state index < -0.39 is 11.6 Å². The quantitative estimate of drug-likeness (QED) is 0.824. The van der Waals surface area contributed by atoms with E-state index in [4.69, 9.17) is 21.4 Å². The van der Waals surface area contributed by atoms with Gasteiger partial charge in [-0.2, -0.15) is 0 Å². The Labute approximate surface area is 132 Å². The highest BCUT2D eigenvalue weighted by Gasteiger charge is 2.22. The van der Waals surface area contributed by atoms with Gasteiger partial charge in [0.1, 0.15) is 0 Å². The zero-order valence-electron chi connectivity index (χ0n) is 12.1. The average Bonchev–Trinajstić information content (AvgIpc) is 2.74. The zero-order valence-corrected chi connectivity index (χ0v) is 13.7. The molecule has 0 bridgehead atoms. The second-order valence-electron chi connectivity index (χ2n) is 5.26. The molecule has 114 valence electrons. The largest absolute Gasteiger partial charge is 0.481 e. The maximum atomic E-state index is 10.8. The molecular formula is C14H17ClN2O3S. The molecular weight excluding hydrogens is 312 g/mol. The van der Waals surface area contributed by atoms with Crippen LogP contribution in [0, 0.1) is 0 Å². The molecule has 0 saturated carbocycles. The van der Waals surface area contributed by atoms with Crippen molar-refractivity contribution in [1.82, 2.24) is 9.55 Å². The van der Waals surface area contributed by atoms with E-state index in [9.17, 15) is 4.79 Å². The van der Waals surface area contributed by atoms with E-state index in [0.717, 1.165) is 11.0 Å². The summed E-state index contributed by atoms with van der Waals surface area (Å²) in [6.45, 7) is 4.49. The first-order chi connectivity index (χ1) is 9.82. The highest BCUT2D eigenvalue weighted by Crippen LogP contribution is 2.28. The van der Waals surface area contributed by atoms with E-state index in [1.807, 2.05) is 30.5 Å². The summed E-state index contributed by atoms with van der Waals surface area (Å²) in [7, 11) is 1.65. The molecule has 1 aromatic heterocycles. The third kappa shape index (κ3) is 3.90. The van der Waals surface area contributed by atoms with Crippen LogP contribution in [-0.4, -0.2) is 39.1 Å². The summed E-state index contributed by atoms with van der Waals surface area (Å²) in [5, 5.41) is 10.1. The number of thioether (sulfide) groups is 1. The number of hydrogen-bond acceptors (Lipinski definition) is 4. The van der Waals surface area contributed by atoms with Gasteiger partial charge in [0.15, 0.2) is 5.16 Å². The van der Waals surface area contributed by atoms with E-state index in [2.05, 4.69) is 4.98 Å². The summed E-state index contributed by atoms with van der Waals surface area (Å²) in [4.78, 5) is 15.3. The zero-order chi connectivity index (χ0) is 15.6. The fourth-order valence-corrected chi connectivity index (χ4v) is 2.81. The molecule has 7 heteroatoms. The van der Waals surface area contributed by atoms with Crippen molar-refractivity contribution in [2.75, 3.05) is 12.9 Å². The van der Waals surface area contributed by atoms with Crippen molar-refractivity contribution in [1.29, 1.82) is 0 Å². The number of carboxylic acid groups (broad SMARTS) is 1. The van der Waals surface area contributed by atoms with Crippen LogP contribution in [0.2, 0.25) is 5.02 Å². The molecule has 1 heterocycles. The molecule has 0 atom stereocenters. The lowest BCUT2D eigenvalue weighted by Gasteiger charge is -2.24. The molecule has 0 aliphatic heterocycles. The minimum atomic E-state index is -0.873. The molecule has 0 unspecified atom stereocenters. The van der Waals surface area contributed by atoms with Gasteiger partial charge in [-0.25, -0.2) is 4.98 Å². The summed E-state index contributed by atoms with van der Waals surface area (Å²) in [5.41, 5.74) is 1.27. The molecule has 5 nitrogen and oxygen atoms in total.